The summed E-state index contributed by atoms with van der Waals surface area (Å²) in [6, 6.07) is 4.61. The molecule has 0 aliphatic carbocycles. The number of primary sulfonamides is 1. The summed E-state index contributed by atoms with van der Waals surface area (Å²) >= 11 is 0. The number of benzene rings is 1. The van der Waals surface area contributed by atoms with Crippen molar-refractivity contribution in [2.24, 2.45) is 11.1 Å². The Morgan fingerprint density at radius 1 is 1.33 bits per heavy atom. The first-order valence-electron chi connectivity index (χ1n) is 6.67. The monoisotopic (exact) mass is 314 g/mol. The molecule has 1 amide bonds. The molecule has 7 heteroatoms. The van der Waals surface area contributed by atoms with Gasteiger partial charge >= 0.3 is 0 Å². The second-order valence-electron chi connectivity index (χ2n) is 5.38. The summed E-state index contributed by atoms with van der Waals surface area (Å²) in [7, 11) is -3.90. The molecule has 118 valence electrons. The molecule has 1 aromatic carbocycles. The standard InChI is InChI=1S/C14H22N2O4S/c1-9(2)11(4)16-14(17)8-20-12-6-5-10(3)7-13(12)21(15,18)19/h5-7,9,11H,8H2,1-4H3,(H,16,17)(H2,15,18,19). The molecule has 0 bridgehead atoms. The summed E-state index contributed by atoms with van der Waals surface area (Å²) in [6.07, 6.45) is 0. The highest BCUT2D eigenvalue weighted by Gasteiger charge is 2.17. The van der Waals surface area contributed by atoms with Crippen LogP contribution < -0.4 is 15.2 Å². The molecule has 1 aromatic rings. The Hall–Kier alpha value is -1.60. The van der Waals surface area contributed by atoms with Crippen LogP contribution in [0.1, 0.15) is 26.3 Å². The first kappa shape index (κ1) is 17.5. The van der Waals surface area contributed by atoms with E-state index in [2.05, 4.69) is 5.32 Å². The normalized spacial score (nSPS) is 13.0. The van der Waals surface area contributed by atoms with Crippen LogP contribution in [-0.2, 0) is 14.8 Å². The highest BCUT2D eigenvalue weighted by atomic mass is 32.2. The lowest BCUT2D eigenvalue weighted by Gasteiger charge is -2.18. The number of amides is 1. The van der Waals surface area contributed by atoms with Gasteiger partial charge in [0.15, 0.2) is 6.61 Å². The van der Waals surface area contributed by atoms with E-state index in [1.165, 1.54) is 12.1 Å². The van der Waals surface area contributed by atoms with E-state index in [1.807, 2.05) is 20.8 Å². The lowest BCUT2D eigenvalue weighted by molar-refractivity contribution is -0.124. The lowest BCUT2D eigenvalue weighted by atomic mass is 10.1. The fraction of sp³-hybridized carbons (Fsp3) is 0.500. The van der Waals surface area contributed by atoms with Crippen molar-refractivity contribution in [2.75, 3.05) is 6.61 Å². The molecule has 0 heterocycles. The number of sulfonamides is 1. The van der Waals surface area contributed by atoms with E-state index in [1.54, 1.807) is 13.0 Å². The first-order valence-corrected chi connectivity index (χ1v) is 8.21. The zero-order chi connectivity index (χ0) is 16.2. The minimum Gasteiger partial charge on any atom is -0.482 e. The van der Waals surface area contributed by atoms with E-state index in [0.717, 1.165) is 5.56 Å². The van der Waals surface area contributed by atoms with Gasteiger partial charge in [-0.05, 0) is 37.5 Å². The number of hydrogen-bond donors (Lipinski definition) is 2. The van der Waals surface area contributed by atoms with Crippen molar-refractivity contribution in [2.45, 2.75) is 38.6 Å². The van der Waals surface area contributed by atoms with Crippen molar-refractivity contribution in [1.82, 2.24) is 5.32 Å². The zero-order valence-corrected chi connectivity index (χ0v) is 13.5. The maximum Gasteiger partial charge on any atom is 0.258 e. The van der Waals surface area contributed by atoms with E-state index in [9.17, 15) is 13.2 Å². The molecule has 1 rings (SSSR count). The van der Waals surface area contributed by atoms with Gasteiger partial charge in [0, 0.05) is 6.04 Å². The van der Waals surface area contributed by atoms with Crippen molar-refractivity contribution < 1.29 is 17.9 Å². The second-order valence-corrected chi connectivity index (χ2v) is 6.91. The average molecular weight is 314 g/mol. The van der Waals surface area contributed by atoms with Gasteiger partial charge in [0.25, 0.3) is 5.91 Å². The van der Waals surface area contributed by atoms with Gasteiger partial charge < -0.3 is 10.1 Å². The summed E-state index contributed by atoms with van der Waals surface area (Å²) < 4.78 is 28.3. The Labute approximate surface area is 125 Å². The summed E-state index contributed by atoms with van der Waals surface area (Å²) in [5, 5.41) is 7.92. The molecular weight excluding hydrogens is 292 g/mol. The van der Waals surface area contributed by atoms with Gasteiger partial charge in [-0.2, -0.15) is 0 Å². The van der Waals surface area contributed by atoms with Gasteiger partial charge in [-0.15, -0.1) is 0 Å². The molecule has 0 saturated heterocycles. The maximum atomic E-state index is 11.7. The molecule has 3 N–H and O–H groups in total. The van der Waals surface area contributed by atoms with Crippen LogP contribution in [-0.4, -0.2) is 27.0 Å². The minimum absolute atomic E-state index is 0.0110. The van der Waals surface area contributed by atoms with Crippen molar-refractivity contribution in [3.8, 4) is 5.75 Å². The third-order valence-corrected chi connectivity index (χ3v) is 4.09. The number of carbonyl (C=O) groups is 1. The first-order chi connectivity index (χ1) is 9.61. The number of hydrogen-bond acceptors (Lipinski definition) is 4. The third-order valence-electron chi connectivity index (χ3n) is 3.15. The highest BCUT2D eigenvalue weighted by Crippen LogP contribution is 2.23. The van der Waals surface area contributed by atoms with Gasteiger partial charge in [0.1, 0.15) is 10.6 Å². The number of rotatable bonds is 6. The predicted molar refractivity (Wildman–Crippen MR) is 80.5 cm³/mol. The van der Waals surface area contributed by atoms with Gasteiger partial charge in [-0.25, -0.2) is 13.6 Å². The molecule has 0 aliphatic rings. The van der Waals surface area contributed by atoms with Crippen molar-refractivity contribution in [3.05, 3.63) is 23.8 Å². The quantitative estimate of drug-likeness (QED) is 0.823. The molecule has 1 atom stereocenters. The lowest BCUT2D eigenvalue weighted by Crippen LogP contribution is -2.39. The van der Waals surface area contributed by atoms with E-state index >= 15 is 0 Å². The summed E-state index contributed by atoms with van der Waals surface area (Å²) in [6.45, 7) is 7.36. The second kappa shape index (κ2) is 6.91. The van der Waals surface area contributed by atoms with Crippen LogP contribution in [0.15, 0.2) is 23.1 Å². The van der Waals surface area contributed by atoms with Crippen LogP contribution in [0.3, 0.4) is 0 Å². The minimum atomic E-state index is -3.90. The maximum absolute atomic E-state index is 11.7. The molecule has 0 radical (unpaired) electrons. The largest absolute Gasteiger partial charge is 0.482 e. The zero-order valence-electron chi connectivity index (χ0n) is 12.7. The number of carbonyl (C=O) groups excluding carboxylic acids is 1. The van der Waals surface area contributed by atoms with Crippen LogP contribution >= 0.6 is 0 Å². The Balaban J connectivity index is 2.79. The molecule has 1 unspecified atom stereocenters. The van der Waals surface area contributed by atoms with E-state index in [4.69, 9.17) is 9.88 Å². The Bertz CT molecular complexity index is 611. The predicted octanol–water partition coefficient (Wildman–Crippen LogP) is 1.18. The number of nitrogens with two attached hydrogens (primary N) is 1. The third kappa shape index (κ3) is 5.35. The average Bonchev–Trinajstić information content (AvgIpc) is 2.35. The molecule has 0 aromatic heterocycles. The fourth-order valence-electron chi connectivity index (χ4n) is 1.56. The fourth-order valence-corrected chi connectivity index (χ4v) is 2.32. The van der Waals surface area contributed by atoms with Crippen LogP contribution in [0.2, 0.25) is 0 Å². The van der Waals surface area contributed by atoms with Crippen molar-refractivity contribution in [3.63, 3.8) is 0 Å². The van der Waals surface area contributed by atoms with Gasteiger partial charge in [0.2, 0.25) is 10.0 Å². The number of nitrogens with one attached hydrogen (secondary N) is 1. The molecule has 21 heavy (non-hydrogen) atoms. The Kier molecular flexibility index (Phi) is 5.74. The Morgan fingerprint density at radius 3 is 2.48 bits per heavy atom. The highest BCUT2D eigenvalue weighted by molar-refractivity contribution is 7.89. The van der Waals surface area contributed by atoms with Crippen LogP contribution in [0, 0.1) is 12.8 Å². The van der Waals surface area contributed by atoms with E-state index < -0.39 is 10.0 Å². The van der Waals surface area contributed by atoms with Crippen molar-refractivity contribution in [1.29, 1.82) is 0 Å². The topological polar surface area (TPSA) is 98.5 Å². The van der Waals surface area contributed by atoms with Gasteiger partial charge in [-0.1, -0.05) is 19.9 Å². The van der Waals surface area contributed by atoms with Crippen molar-refractivity contribution >= 4 is 15.9 Å². The molecule has 0 saturated carbocycles. The van der Waals surface area contributed by atoms with Crippen LogP contribution in [0.25, 0.3) is 0 Å². The molecule has 0 aliphatic heterocycles. The molecule has 0 spiro atoms. The van der Waals surface area contributed by atoms with Gasteiger partial charge in [0.05, 0.1) is 0 Å². The van der Waals surface area contributed by atoms with Crippen LogP contribution in [0.4, 0.5) is 0 Å². The molecular formula is C14H22N2O4S. The van der Waals surface area contributed by atoms with E-state index in [0.29, 0.717) is 5.92 Å². The summed E-state index contributed by atoms with van der Waals surface area (Å²) in [4.78, 5) is 11.6. The van der Waals surface area contributed by atoms with Gasteiger partial charge in [-0.3, -0.25) is 4.79 Å². The summed E-state index contributed by atoms with van der Waals surface area (Å²) in [5.74, 6) is 0.0703. The summed E-state index contributed by atoms with van der Waals surface area (Å²) in [5.41, 5.74) is 0.740. The van der Waals surface area contributed by atoms with Crippen LogP contribution in [0.5, 0.6) is 5.75 Å². The Morgan fingerprint density at radius 2 is 1.95 bits per heavy atom. The number of aryl methyl sites for hydroxylation is 1. The van der Waals surface area contributed by atoms with E-state index in [-0.39, 0.29) is 29.2 Å². The molecule has 6 nitrogen and oxygen atoms in total. The smallest absolute Gasteiger partial charge is 0.258 e. The SMILES string of the molecule is Cc1ccc(OCC(=O)NC(C)C(C)C)c(S(N)(=O)=O)c1. The molecule has 0 fully saturated rings. The number of ether oxygens (including phenoxy) is 1.